The number of nitrogens with one attached hydrogen (secondary N) is 1. The van der Waals surface area contributed by atoms with Gasteiger partial charge >= 0.3 is 0 Å². The molecule has 0 saturated carbocycles. The molecule has 0 radical (unpaired) electrons. The molecule has 0 fully saturated rings. The Kier molecular flexibility index (Phi) is 6.17. The first kappa shape index (κ1) is 17.0. The van der Waals surface area contributed by atoms with E-state index in [2.05, 4.69) is 21.2 Å². The molecule has 0 atom stereocenters. The number of halogens is 1. The van der Waals surface area contributed by atoms with Crippen LogP contribution in [-0.2, 0) is 6.54 Å². The van der Waals surface area contributed by atoms with Gasteiger partial charge in [0.1, 0.15) is 12.4 Å². The predicted molar refractivity (Wildman–Crippen MR) is 95.2 cm³/mol. The molecule has 0 aliphatic heterocycles. The zero-order valence-electron chi connectivity index (χ0n) is 12.7. The van der Waals surface area contributed by atoms with Crippen molar-refractivity contribution in [2.45, 2.75) is 13.5 Å². The molecule has 0 bridgehead atoms. The van der Waals surface area contributed by atoms with Crippen molar-refractivity contribution in [2.24, 2.45) is 0 Å². The maximum atomic E-state index is 10.9. The normalized spacial score (nSPS) is 10.7. The lowest BCUT2D eigenvalue weighted by atomic mass is 10.1. The van der Waals surface area contributed by atoms with Gasteiger partial charge in [0, 0.05) is 23.9 Å². The van der Waals surface area contributed by atoms with E-state index in [1.165, 1.54) is 6.07 Å². The van der Waals surface area contributed by atoms with Crippen molar-refractivity contribution in [3.63, 3.8) is 0 Å². The number of benzene rings is 2. The van der Waals surface area contributed by atoms with E-state index in [0.29, 0.717) is 18.7 Å². The average molecular weight is 377 g/mol. The van der Waals surface area contributed by atoms with Crippen molar-refractivity contribution < 1.29 is 9.66 Å². The molecule has 2 rings (SSSR count). The minimum atomic E-state index is -0.367. The van der Waals surface area contributed by atoms with Gasteiger partial charge in [0.2, 0.25) is 0 Å². The molecule has 23 heavy (non-hydrogen) atoms. The van der Waals surface area contributed by atoms with Crippen LogP contribution in [0.5, 0.6) is 5.75 Å². The smallest absolute Gasteiger partial charge is 0.274 e. The topological polar surface area (TPSA) is 64.4 Å². The third kappa shape index (κ3) is 4.82. The van der Waals surface area contributed by atoms with Gasteiger partial charge in [-0.05, 0) is 41.7 Å². The SMILES string of the molecule is Cc1c(NCc2ccc(OC/C=C\Br)cc2)cccc1[N+](=O)[O-]. The molecule has 0 aromatic heterocycles. The fraction of sp³-hybridized carbons (Fsp3) is 0.176. The first-order valence-electron chi connectivity index (χ1n) is 7.06. The molecule has 5 nitrogen and oxygen atoms in total. The molecule has 1 N–H and O–H groups in total. The van der Waals surface area contributed by atoms with Gasteiger partial charge in [-0.25, -0.2) is 0 Å². The van der Waals surface area contributed by atoms with Crippen molar-refractivity contribution >= 4 is 27.3 Å². The van der Waals surface area contributed by atoms with Crippen molar-refractivity contribution in [1.29, 1.82) is 0 Å². The summed E-state index contributed by atoms with van der Waals surface area (Å²) in [5.74, 6) is 0.797. The molecule has 2 aromatic rings. The fourth-order valence-electron chi connectivity index (χ4n) is 2.09. The minimum absolute atomic E-state index is 0.124. The molecular formula is C17H17BrN2O3. The lowest BCUT2D eigenvalue weighted by molar-refractivity contribution is -0.385. The fourth-order valence-corrected chi connectivity index (χ4v) is 2.25. The summed E-state index contributed by atoms with van der Waals surface area (Å²) < 4.78 is 5.51. The third-order valence-electron chi connectivity index (χ3n) is 3.34. The number of nitrogens with zero attached hydrogens (tertiary/aromatic N) is 1. The van der Waals surface area contributed by atoms with Crippen LogP contribution in [0.3, 0.4) is 0 Å². The van der Waals surface area contributed by atoms with Crippen LogP contribution in [-0.4, -0.2) is 11.5 Å². The number of hydrogen-bond acceptors (Lipinski definition) is 4. The summed E-state index contributed by atoms with van der Waals surface area (Å²) in [7, 11) is 0. The van der Waals surface area contributed by atoms with Gasteiger partial charge in [-0.1, -0.05) is 34.1 Å². The van der Waals surface area contributed by atoms with Crippen LogP contribution in [0.1, 0.15) is 11.1 Å². The zero-order valence-corrected chi connectivity index (χ0v) is 14.2. The van der Waals surface area contributed by atoms with Gasteiger partial charge in [0.15, 0.2) is 0 Å². The van der Waals surface area contributed by atoms with E-state index in [1.54, 1.807) is 18.0 Å². The van der Waals surface area contributed by atoms with Crippen molar-refractivity contribution in [3.05, 3.63) is 74.8 Å². The van der Waals surface area contributed by atoms with Crippen LogP contribution in [0, 0.1) is 17.0 Å². The highest BCUT2D eigenvalue weighted by atomic mass is 79.9. The van der Waals surface area contributed by atoms with Gasteiger partial charge in [-0.3, -0.25) is 10.1 Å². The molecular weight excluding hydrogens is 360 g/mol. The van der Waals surface area contributed by atoms with Crippen molar-refractivity contribution in [2.75, 3.05) is 11.9 Å². The second-order valence-corrected chi connectivity index (χ2v) is 5.41. The van der Waals surface area contributed by atoms with Crippen LogP contribution >= 0.6 is 15.9 Å². The lowest BCUT2D eigenvalue weighted by Gasteiger charge is -2.10. The number of hydrogen-bond donors (Lipinski definition) is 1. The second-order valence-electron chi connectivity index (χ2n) is 4.88. The lowest BCUT2D eigenvalue weighted by Crippen LogP contribution is -2.03. The summed E-state index contributed by atoms with van der Waals surface area (Å²) in [6.45, 7) is 2.84. The monoisotopic (exact) mass is 376 g/mol. The van der Waals surface area contributed by atoms with Gasteiger partial charge in [0.25, 0.3) is 5.69 Å². The predicted octanol–water partition coefficient (Wildman–Crippen LogP) is 4.80. The van der Waals surface area contributed by atoms with E-state index < -0.39 is 0 Å². The molecule has 2 aromatic carbocycles. The summed E-state index contributed by atoms with van der Waals surface area (Å²) in [6.07, 6.45) is 1.86. The summed E-state index contributed by atoms with van der Waals surface area (Å²) in [5.41, 5.74) is 2.60. The quantitative estimate of drug-likeness (QED) is 0.556. The number of rotatable bonds is 7. The van der Waals surface area contributed by atoms with Gasteiger partial charge in [0.05, 0.1) is 4.92 Å². The molecule has 0 saturated heterocycles. The highest BCUT2D eigenvalue weighted by molar-refractivity contribution is 9.11. The van der Waals surface area contributed by atoms with Crippen molar-refractivity contribution in [3.8, 4) is 5.75 Å². The van der Waals surface area contributed by atoms with Crippen LogP contribution in [0.25, 0.3) is 0 Å². The Balaban J connectivity index is 1.98. The number of nitro groups is 1. The maximum Gasteiger partial charge on any atom is 0.274 e. The van der Waals surface area contributed by atoms with E-state index >= 15 is 0 Å². The number of ether oxygens (including phenoxy) is 1. The Morgan fingerprint density at radius 2 is 2.00 bits per heavy atom. The Bertz CT molecular complexity index is 699. The van der Waals surface area contributed by atoms with Crippen LogP contribution in [0.2, 0.25) is 0 Å². The Hall–Kier alpha value is -2.34. The van der Waals surface area contributed by atoms with Crippen LogP contribution in [0.15, 0.2) is 53.5 Å². The van der Waals surface area contributed by atoms with E-state index in [1.807, 2.05) is 36.4 Å². The molecule has 0 amide bonds. The standard InChI is InChI=1S/C17H17BrN2O3/c1-13-16(4-2-5-17(13)20(21)22)19-12-14-6-8-15(9-7-14)23-11-3-10-18/h2-10,19H,11-12H2,1H3/b10-3-. The summed E-state index contributed by atoms with van der Waals surface area (Å²) >= 11 is 3.19. The van der Waals surface area contributed by atoms with Crippen LogP contribution < -0.4 is 10.1 Å². The maximum absolute atomic E-state index is 10.9. The van der Waals surface area contributed by atoms with E-state index in [4.69, 9.17) is 4.74 Å². The van der Waals surface area contributed by atoms with Crippen LogP contribution in [0.4, 0.5) is 11.4 Å². The first-order valence-corrected chi connectivity index (χ1v) is 7.98. The Morgan fingerprint density at radius 1 is 1.26 bits per heavy atom. The Morgan fingerprint density at radius 3 is 2.65 bits per heavy atom. The van der Waals surface area contributed by atoms with Gasteiger partial charge < -0.3 is 10.1 Å². The number of nitro benzene ring substituents is 1. The molecule has 0 unspecified atom stereocenters. The summed E-state index contributed by atoms with van der Waals surface area (Å²) in [4.78, 5) is 12.3. The Labute approximate surface area is 143 Å². The molecule has 120 valence electrons. The largest absolute Gasteiger partial charge is 0.490 e. The van der Waals surface area contributed by atoms with E-state index in [9.17, 15) is 10.1 Å². The third-order valence-corrected chi connectivity index (χ3v) is 3.72. The van der Waals surface area contributed by atoms with Gasteiger partial charge in [-0.15, -0.1) is 0 Å². The van der Waals surface area contributed by atoms with E-state index in [0.717, 1.165) is 17.0 Å². The number of anilines is 1. The molecule has 0 spiro atoms. The van der Waals surface area contributed by atoms with Crippen molar-refractivity contribution in [1.82, 2.24) is 0 Å². The van der Waals surface area contributed by atoms with E-state index in [-0.39, 0.29) is 10.6 Å². The first-order chi connectivity index (χ1) is 11.1. The summed E-state index contributed by atoms with van der Waals surface area (Å²) in [5, 5.41) is 14.2. The second kappa shape index (κ2) is 8.33. The summed E-state index contributed by atoms with van der Waals surface area (Å²) in [6, 6.07) is 12.8. The van der Waals surface area contributed by atoms with Gasteiger partial charge in [-0.2, -0.15) is 0 Å². The average Bonchev–Trinajstić information content (AvgIpc) is 2.55. The molecule has 0 heterocycles. The molecule has 0 aliphatic carbocycles. The zero-order chi connectivity index (χ0) is 16.7. The highest BCUT2D eigenvalue weighted by Crippen LogP contribution is 2.25. The highest BCUT2D eigenvalue weighted by Gasteiger charge is 2.12. The molecule has 0 aliphatic rings. The minimum Gasteiger partial charge on any atom is -0.490 e. The molecule has 6 heteroatoms.